The van der Waals surface area contributed by atoms with Gasteiger partial charge in [-0.1, -0.05) is 6.07 Å². The minimum atomic E-state index is -3.82. The highest BCUT2D eigenvalue weighted by Crippen LogP contribution is 2.32. The Labute approximate surface area is 200 Å². The van der Waals surface area contributed by atoms with Gasteiger partial charge in [0.05, 0.1) is 4.90 Å². The molecule has 0 bridgehead atoms. The fourth-order valence-corrected chi connectivity index (χ4v) is 4.90. The van der Waals surface area contributed by atoms with Crippen LogP contribution in [-0.4, -0.2) is 57.0 Å². The smallest absolute Gasteiger partial charge is 0.254 e. The summed E-state index contributed by atoms with van der Waals surface area (Å²) in [6.07, 6.45) is 0. The SMILES string of the molecule is CCN(CC(=O)Nc1ccc2c(c1)OCCO2)C(=O)c1cc(S(=O)(=O)NC(C)(C)C)ccc1C. The molecule has 2 aromatic rings. The fourth-order valence-electron chi connectivity index (χ4n) is 3.45. The highest BCUT2D eigenvalue weighted by atomic mass is 32.2. The van der Waals surface area contributed by atoms with Crippen LogP contribution >= 0.6 is 0 Å². The second-order valence-corrected chi connectivity index (χ2v) is 10.7. The molecule has 3 rings (SSSR count). The van der Waals surface area contributed by atoms with Crippen LogP contribution in [0.3, 0.4) is 0 Å². The quantitative estimate of drug-likeness (QED) is 0.618. The summed E-state index contributed by atoms with van der Waals surface area (Å²) >= 11 is 0. The maximum Gasteiger partial charge on any atom is 0.254 e. The molecule has 0 saturated carbocycles. The predicted octanol–water partition coefficient (Wildman–Crippen LogP) is 2.94. The number of carbonyl (C=O) groups excluding carboxylic acids is 2. The van der Waals surface area contributed by atoms with E-state index in [1.54, 1.807) is 58.9 Å². The van der Waals surface area contributed by atoms with Gasteiger partial charge in [-0.25, -0.2) is 13.1 Å². The summed E-state index contributed by atoms with van der Waals surface area (Å²) in [7, 11) is -3.82. The van der Waals surface area contributed by atoms with E-state index in [1.807, 2.05) is 0 Å². The molecule has 34 heavy (non-hydrogen) atoms. The molecule has 2 N–H and O–H groups in total. The number of ether oxygens (including phenoxy) is 2. The van der Waals surface area contributed by atoms with Crippen LogP contribution in [0.15, 0.2) is 41.3 Å². The maximum absolute atomic E-state index is 13.2. The van der Waals surface area contributed by atoms with Gasteiger partial charge < -0.3 is 19.7 Å². The minimum Gasteiger partial charge on any atom is -0.486 e. The van der Waals surface area contributed by atoms with Crippen LogP contribution in [0.1, 0.15) is 43.6 Å². The average Bonchev–Trinajstić information content (AvgIpc) is 2.75. The summed E-state index contributed by atoms with van der Waals surface area (Å²) in [6.45, 7) is 9.68. The summed E-state index contributed by atoms with van der Waals surface area (Å²) < 4.78 is 39.1. The molecule has 0 saturated heterocycles. The maximum atomic E-state index is 13.2. The molecule has 10 heteroatoms. The van der Waals surface area contributed by atoms with Crippen LogP contribution < -0.4 is 19.5 Å². The second kappa shape index (κ2) is 10.0. The summed E-state index contributed by atoms with van der Waals surface area (Å²) in [6, 6.07) is 9.49. The van der Waals surface area contributed by atoms with Crippen LogP contribution in [0.4, 0.5) is 5.69 Å². The van der Waals surface area contributed by atoms with Crippen molar-refractivity contribution in [3.63, 3.8) is 0 Å². The summed E-state index contributed by atoms with van der Waals surface area (Å²) in [5.41, 5.74) is 0.696. The molecule has 1 aliphatic heterocycles. The van der Waals surface area contributed by atoms with Gasteiger partial charge in [0.15, 0.2) is 11.5 Å². The van der Waals surface area contributed by atoms with Gasteiger partial charge in [0, 0.05) is 29.4 Å². The van der Waals surface area contributed by atoms with Crippen molar-refractivity contribution in [2.24, 2.45) is 0 Å². The normalized spacial score (nSPS) is 13.3. The molecule has 1 heterocycles. The van der Waals surface area contributed by atoms with Crippen molar-refractivity contribution >= 4 is 27.5 Å². The number of rotatable bonds is 7. The zero-order valence-corrected chi connectivity index (χ0v) is 20.9. The number of anilines is 1. The molecule has 9 nitrogen and oxygen atoms in total. The first-order valence-corrected chi connectivity index (χ1v) is 12.5. The summed E-state index contributed by atoms with van der Waals surface area (Å²) in [5, 5.41) is 2.76. The Morgan fingerprint density at radius 1 is 1.03 bits per heavy atom. The van der Waals surface area contributed by atoms with E-state index in [0.717, 1.165) is 0 Å². The third-order valence-electron chi connectivity index (χ3n) is 5.02. The van der Waals surface area contributed by atoms with Gasteiger partial charge in [-0.05, 0) is 64.4 Å². The van der Waals surface area contributed by atoms with Crippen molar-refractivity contribution in [1.82, 2.24) is 9.62 Å². The first-order chi connectivity index (χ1) is 15.9. The summed E-state index contributed by atoms with van der Waals surface area (Å²) in [5.74, 6) is 0.346. The van der Waals surface area contributed by atoms with E-state index < -0.39 is 21.5 Å². The van der Waals surface area contributed by atoms with E-state index in [0.29, 0.717) is 36.0 Å². The molecule has 0 aliphatic carbocycles. The highest BCUT2D eigenvalue weighted by molar-refractivity contribution is 7.89. The minimum absolute atomic E-state index is 0.00634. The van der Waals surface area contributed by atoms with Crippen LogP contribution in [-0.2, 0) is 14.8 Å². The Morgan fingerprint density at radius 2 is 1.71 bits per heavy atom. The number of amides is 2. The number of benzene rings is 2. The predicted molar refractivity (Wildman–Crippen MR) is 129 cm³/mol. The number of likely N-dealkylation sites (N-methyl/N-ethyl adjacent to an activating group) is 1. The van der Waals surface area contributed by atoms with Gasteiger partial charge >= 0.3 is 0 Å². The van der Waals surface area contributed by atoms with Crippen LogP contribution in [0.2, 0.25) is 0 Å². The number of aryl methyl sites for hydroxylation is 1. The number of hydrogen-bond acceptors (Lipinski definition) is 6. The third-order valence-corrected chi connectivity index (χ3v) is 6.78. The molecule has 1 aliphatic rings. The van der Waals surface area contributed by atoms with E-state index >= 15 is 0 Å². The number of fused-ring (bicyclic) bond motifs is 1. The number of nitrogens with one attached hydrogen (secondary N) is 2. The lowest BCUT2D eigenvalue weighted by atomic mass is 10.1. The first kappa shape index (κ1) is 25.5. The molecule has 184 valence electrons. The largest absolute Gasteiger partial charge is 0.486 e. The Kier molecular flexibility index (Phi) is 7.52. The van der Waals surface area contributed by atoms with Crippen molar-refractivity contribution in [2.45, 2.75) is 45.1 Å². The molecule has 0 radical (unpaired) electrons. The Morgan fingerprint density at radius 3 is 2.35 bits per heavy atom. The number of carbonyl (C=O) groups is 2. The molecule has 0 unspecified atom stereocenters. The average molecular weight is 490 g/mol. The standard InChI is InChI=1S/C24H31N3O6S/c1-6-27(15-22(28)25-17-8-10-20-21(13-17)33-12-11-32-20)23(29)19-14-18(9-7-16(19)2)34(30,31)26-24(3,4)5/h7-10,13-14,26H,6,11-12,15H2,1-5H3,(H,25,28). The van der Waals surface area contributed by atoms with E-state index in [1.165, 1.54) is 17.0 Å². The van der Waals surface area contributed by atoms with Gasteiger partial charge in [0.25, 0.3) is 5.91 Å². The molecule has 2 amide bonds. The van der Waals surface area contributed by atoms with Crippen molar-refractivity contribution in [3.05, 3.63) is 47.5 Å². The third kappa shape index (κ3) is 6.27. The van der Waals surface area contributed by atoms with E-state index in [2.05, 4.69) is 10.0 Å². The van der Waals surface area contributed by atoms with Crippen LogP contribution in [0, 0.1) is 6.92 Å². The van der Waals surface area contributed by atoms with Gasteiger partial charge in [0.1, 0.15) is 19.8 Å². The Hall–Kier alpha value is -3.11. The van der Waals surface area contributed by atoms with E-state index in [-0.39, 0.29) is 29.5 Å². The lowest BCUT2D eigenvalue weighted by Gasteiger charge is -2.23. The zero-order valence-electron chi connectivity index (χ0n) is 20.1. The summed E-state index contributed by atoms with van der Waals surface area (Å²) in [4.78, 5) is 27.3. The van der Waals surface area contributed by atoms with Crippen LogP contribution in [0.25, 0.3) is 0 Å². The van der Waals surface area contributed by atoms with Crippen molar-refractivity contribution in [2.75, 3.05) is 31.6 Å². The topological polar surface area (TPSA) is 114 Å². The molecule has 0 fully saturated rings. The number of sulfonamides is 1. The fraction of sp³-hybridized carbons (Fsp3) is 0.417. The Balaban J connectivity index is 1.75. The molecular formula is C24H31N3O6S. The van der Waals surface area contributed by atoms with E-state index in [9.17, 15) is 18.0 Å². The van der Waals surface area contributed by atoms with Crippen molar-refractivity contribution < 1.29 is 27.5 Å². The number of hydrogen-bond donors (Lipinski definition) is 2. The molecular weight excluding hydrogens is 458 g/mol. The second-order valence-electron chi connectivity index (χ2n) is 9.06. The lowest BCUT2D eigenvalue weighted by molar-refractivity contribution is -0.116. The van der Waals surface area contributed by atoms with Gasteiger partial charge in [-0.2, -0.15) is 0 Å². The molecule has 0 spiro atoms. The zero-order chi connectivity index (χ0) is 25.1. The lowest BCUT2D eigenvalue weighted by Crippen LogP contribution is -2.41. The molecule has 0 atom stereocenters. The van der Waals surface area contributed by atoms with Crippen molar-refractivity contribution in [3.8, 4) is 11.5 Å². The highest BCUT2D eigenvalue weighted by Gasteiger charge is 2.25. The number of nitrogens with zero attached hydrogens (tertiary/aromatic N) is 1. The van der Waals surface area contributed by atoms with Gasteiger partial charge in [-0.3, -0.25) is 9.59 Å². The van der Waals surface area contributed by atoms with Gasteiger partial charge in [-0.15, -0.1) is 0 Å². The Bertz CT molecular complexity index is 1190. The van der Waals surface area contributed by atoms with Gasteiger partial charge in [0.2, 0.25) is 15.9 Å². The molecule has 2 aromatic carbocycles. The first-order valence-electron chi connectivity index (χ1n) is 11.0. The van der Waals surface area contributed by atoms with E-state index in [4.69, 9.17) is 9.47 Å². The molecule has 0 aromatic heterocycles. The monoisotopic (exact) mass is 489 g/mol. The van der Waals surface area contributed by atoms with Crippen molar-refractivity contribution in [1.29, 1.82) is 0 Å². The van der Waals surface area contributed by atoms with Crippen LogP contribution in [0.5, 0.6) is 11.5 Å².